The van der Waals surface area contributed by atoms with Gasteiger partial charge in [-0.25, -0.2) is 4.79 Å². The molecule has 3 aromatic rings. The summed E-state index contributed by atoms with van der Waals surface area (Å²) in [6, 6.07) is 19.7. The summed E-state index contributed by atoms with van der Waals surface area (Å²) in [5.74, 6) is -2.77. The SMILES string of the molecule is Cc1ccccc1CNC(=O)CN(Cc1ccccn1)Cc1ccccn1.O=C(O)C(F)(F)F. The van der Waals surface area contributed by atoms with E-state index in [0.717, 1.165) is 17.0 Å². The number of halogens is 3. The van der Waals surface area contributed by atoms with Crippen LogP contribution in [0.3, 0.4) is 0 Å². The van der Waals surface area contributed by atoms with E-state index in [4.69, 9.17) is 9.90 Å². The number of amides is 1. The number of nitrogens with one attached hydrogen (secondary N) is 1. The molecular formula is C24H25F3N4O3. The van der Waals surface area contributed by atoms with Crippen LogP contribution in [0.25, 0.3) is 0 Å². The predicted molar refractivity (Wildman–Crippen MR) is 119 cm³/mol. The van der Waals surface area contributed by atoms with Gasteiger partial charge in [0.05, 0.1) is 17.9 Å². The molecule has 0 aliphatic heterocycles. The van der Waals surface area contributed by atoms with Gasteiger partial charge in [-0.2, -0.15) is 13.2 Å². The van der Waals surface area contributed by atoms with Crippen LogP contribution in [0.1, 0.15) is 22.5 Å². The average molecular weight is 474 g/mol. The molecule has 0 aliphatic rings. The lowest BCUT2D eigenvalue weighted by Crippen LogP contribution is -2.36. The van der Waals surface area contributed by atoms with Crippen molar-refractivity contribution < 1.29 is 27.9 Å². The summed E-state index contributed by atoms with van der Waals surface area (Å²) >= 11 is 0. The summed E-state index contributed by atoms with van der Waals surface area (Å²) in [4.78, 5) is 32.2. The number of aliphatic carboxylic acids is 1. The Morgan fingerprint density at radius 2 is 1.41 bits per heavy atom. The highest BCUT2D eigenvalue weighted by atomic mass is 19.4. The Kier molecular flexibility index (Phi) is 10.2. The van der Waals surface area contributed by atoms with E-state index in [0.29, 0.717) is 26.2 Å². The Balaban J connectivity index is 0.000000509. The number of alkyl halides is 3. The van der Waals surface area contributed by atoms with Crippen molar-refractivity contribution in [3.05, 3.63) is 95.6 Å². The third kappa shape index (κ3) is 9.78. The van der Waals surface area contributed by atoms with Gasteiger partial charge in [0, 0.05) is 32.0 Å². The lowest BCUT2D eigenvalue weighted by atomic mass is 10.1. The maximum Gasteiger partial charge on any atom is 0.490 e. The fourth-order valence-corrected chi connectivity index (χ4v) is 2.87. The van der Waals surface area contributed by atoms with Gasteiger partial charge in [0.2, 0.25) is 5.91 Å². The summed E-state index contributed by atoms with van der Waals surface area (Å²) in [5.41, 5.74) is 4.17. The van der Waals surface area contributed by atoms with Crippen LogP contribution in [0.4, 0.5) is 13.2 Å². The van der Waals surface area contributed by atoms with Gasteiger partial charge in [-0.3, -0.25) is 19.7 Å². The van der Waals surface area contributed by atoms with Crippen molar-refractivity contribution in [2.24, 2.45) is 0 Å². The molecule has 1 aromatic carbocycles. The minimum atomic E-state index is -5.08. The van der Waals surface area contributed by atoms with Crippen LogP contribution in [-0.2, 0) is 29.2 Å². The zero-order valence-corrected chi connectivity index (χ0v) is 18.5. The third-order valence-electron chi connectivity index (χ3n) is 4.57. The first kappa shape index (κ1) is 26.5. The lowest BCUT2D eigenvalue weighted by Gasteiger charge is -2.21. The highest BCUT2D eigenvalue weighted by Crippen LogP contribution is 2.13. The molecule has 0 saturated heterocycles. The molecule has 0 saturated carbocycles. The molecule has 0 unspecified atom stereocenters. The van der Waals surface area contributed by atoms with Crippen LogP contribution in [0, 0.1) is 6.92 Å². The molecule has 2 aromatic heterocycles. The largest absolute Gasteiger partial charge is 0.490 e. The molecule has 0 radical (unpaired) electrons. The molecule has 10 heteroatoms. The van der Waals surface area contributed by atoms with Crippen LogP contribution in [-0.4, -0.2) is 44.6 Å². The molecule has 2 heterocycles. The molecule has 7 nitrogen and oxygen atoms in total. The minimum Gasteiger partial charge on any atom is -0.475 e. The van der Waals surface area contributed by atoms with Crippen molar-refractivity contribution >= 4 is 11.9 Å². The van der Waals surface area contributed by atoms with Crippen molar-refractivity contribution in [1.29, 1.82) is 0 Å². The zero-order valence-electron chi connectivity index (χ0n) is 18.5. The van der Waals surface area contributed by atoms with Crippen LogP contribution in [0.15, 0.2) is 73.1 Å². The minimum absolute atomic E-state index is 0.00915. The Hall–Kier alpha value is -3.79. The second kappa shape index (κ2) is 13.0. The summed E-state index contributed by atoms with van der Waals surface area (Å²) < 4.78 is 31.7. The van der Waals surface area contributed by atoms with Crippen molar-refractivity contribution in [1.82, 2.24) is 20.2 Å². The molecule has 2 N–H and O–H groups in total. The standard InChI is InChI=1S/C22H24N4O.C2HF3O2/c1-18-8-2-3-9-19(18)14-25-22(27)17-26(15-20-10-4-6-12-23-20)16-21-11-5-7-13-24-21;3-2(4,5)1(6)7/h2-13H,14-17H2,1H3,(H,25,27);(H,6,7). The maximum absolute atomic E-state index is 12.5. The maximum atomic E-state index is 12.5. The molecule has 180 valence electrons. The summed E-state index contributed by atoms with van der Waals surface area (Å²) in [6.07, 6.45) is -1.54. The first-order valence-electron chi connectivity index (χ1n) is 10.3. The molecule has 0 aliphatic carbocycles. The first-order valence-corrected chi connectivity index (χ1v) is 10.3. The molecule has 3 rings (SSSR count). The van der Waals surface area contributed by atoms with Crippen molar-refractivity contribution in [2.45, 2.75) is 32.7 Å². The van der Waals surface area contributed by atoms with Crippen LogP contribution < -0.4 is 5.32 Å². The number of pyridine rings is 2. The fraction of sp³-hybridized carbons (Fsp3) is 0.250. The summed E-state index contributed by atoms with van der Waals surface area (Å²) in [7, 11) is 0. The Morgan fingerprint density at radius 3 is 1.85 bits per heavy atom. The number of aromatic nitrogens is 2. The number of aryl methyl sites for hydroxylation is 1. The van der Waals surface area contributed by atoms with Crippen molar-refractivity contribution in [3.8, 4) is 0 Å². The predicted octanol–water partition coefficient (Wildman–Crippen LogP) is 3.74. The number of carboxylic acids is 1. The van der Waals surface area contributed by atoms with Gasteiger partial charge in [0.1, 0.15) is 0 Å². The number of hydrogen-bond donors (Lipinski definition) is 2. The Morgan fingerprint density at radius 1 is 0.912 bits per heavy atom. The molecule has 0 atom stereocenters. The zero-order chi connectivity index (χ0) is 25.0. The molecular weight excluding hydrogens is 449 g/mol. The fourth-order valence-electron chi connectivity index (χ4n) is 2.87. The average Bonchev–Trinajstić information content (AvgIpc) is 2.79. The summed E-state index contributed by atoms with van der Waals surface area (Å²) in [6.45, 7) is 4.06. The summed E-state index contributed by atoms with van der Waals surface area (Å²) in [5, 5.41) is 10.1. The highest BCUT2D eigenvalue weighted by molar-refractivity contribution is 5.78. The molecule has 0 spiro atoms. The van der Waals surface area contributed by atoms with E-state index in [1.807, 2.05) is 54.6 Å². The quantitative estimate of drug-likeness (QED) is 0.517. The van der Waals surface area contributed by atoms with E-state index in [2.05, 4.69) is 33.2 Å². The second-order valence-electron chi connectivity index (χ2n) is 7.29. The van der Waals surface area contributed by atoms with Gasteiger partial charge in [0.15, 0.2) is 0 Å². The highest BCUT2D eigenvalue weighted by Gasteiger charge is 2.38. The van der Waals surface area contributed by atoms with Crippen molar-refractivity contribution in [3.63, 3.8) is 0 Å². The van der Waals surface area contributed by atoms with E-state index in [-0.39, 0.29) is 5.91 Å². The Labute approximate surface area is 195 Å². The number of carbonyl (C=O) groups is 2. The number of hydrogen-bond acceptors (Lipinski definition) is 5. The molecule has 1 amide bonds. The van der Waals surface area contributed by atoms with Gasteiger partial charge in [0.25, 0.3) is 0 Å². The van der Waals surface area contributed by atoms with Crippen LogP contribution >= 0.6 is 0 Å². The number of nitrogens with zero attached hydrogens (tertiary/aromatic N) is 3. The van der Waals surface area contributed by atoms with Crippen molar-refractivity contribution in [2.75, 3.05) is 6.54 Å². The lowest BCUT2D eigenvalue weighted by molar-refractivity contribution is -0.192. The normalized spacial score (nSPS) is 10.9. The third-order valence-corrected chi connectivity index (χ3v) is 4.57. The monoisotopic (exact) mass is 474 g/mol. The van der Waals surface area contributed by atoms with Crippen LogP contribution in [0.5, 0.6) is 0 Å². The number of benzene rings is 1. The number of carbonyl (C=O) groups excluding carboxylic acids is 1. The van der Waals surface area contributed by atoms with Gasteiger partial charge in [-0.05, 0) is 42.3 Å². The second-order valence-corrected chi connectivity index (χ2v) is 7.29. The number of carboxylic acid groups (broad SMARTS) is 1. The van der Waals surface area contributed by atoms with Gasteiger partial charge >= 0.3 is 12.1 Å². The van der Waals surface area contributed by atoms with E-state index in [1.165, 1.54) is 5.56 Å². The topological polar surface area (TPSA) is 95.4 Å². The van der Waals surface area contributed by atoms with Crippen LogP contribution in [0.2, 0.25) is 0 Å². The van der Waals surface area contributed by atoms with E-state index < -0.39 is 12.1 Å². The van der Waals surface area contributed by atoms with Gasteiger partial charge < -0.3 is 10.4 Å². The Bertz CT molecular complexity index is 1010. The van der Waals surface area contributed by atoms with E-state index in [1.54, 1.807) is 12.4 Å². The van der Waals surface area contributed by atoms with Gasteiger partial charge in [-0.1, -0.05) is 36.4 Å². The first-order chi connectivity index (χ1) is 16.1. The molecule has 34 heavy (non-hydrogen) atoms. The van der Waals surface area contributed by atoms with Gasteiger partial charge in [-0.15, -0.1) is 0 Å². The number of rotatable bonds is 8. The molecule has 0 bridgehead atoms. The van der Waals surface area contributed by atoms with E-state index >= 15 is 0 Å². The molecule has 0 fully saturated rings. The van der Waals surface area contributed by atoms with E-state index in [9.17, 15) is 18.0 Å². The smallest absolute Gasteiger partial charge is 0.475 e.